The van der Waals surface area contributed by atoms with E-state index in [0.717, 1.165) is 12.8 Å². The third-order valence-corrected chi connectivity index (χ3v) is 2.83. The highest BCUT2D eigenvalue weighted by molar-refractivity contribution is 5.07. The van der Waals surface area contributed by atoms with E-state index in [1.165, 1.54) is 6.20 Å². The van der Waals surface area contributed by atoms with Crippen molar-refractivity contribution < 1.29 is 22.8 Å². The maximum atomic E-state index is 11.5. The van der Waals surface area contributed by atoms with Crippen LogP contribution in [0.5, 0.6) is 0 Å². The zero-order valence-electron chi connectivity index (χ0n) is 8.57. The number of aliphatic hydroxyl groups is 1. The number of hydrogen-bond donors (Lipinski definition) is 4. The summed E-state index contributed by atoms with van der Waals surface area (Å²) in [5.74, 6) is 0. The molecule has 2 atom stereocenters. The Bertz CT molecular complexity index is 456. The lowest BCUT2D eigenvalue weighted by atomic mass is 10.1. The molecule has 0 unspecified atom stereocenters. The minimum atomic E-state index is -0.486. The second kappa shape index (κ2) is 5.29. The second-order valence-corrected chi connectivity index (χ2v) is 3.85. The van der Waals surface area contributed by atoms with E-state index in [4.69, 9.17) is 5.11 Å². The number of rotatable bonds is 2. The highest BCUT2D eigenvalue weighted by Gasteiger charge is 2.30. The van der Waals surface area contributed by atoms with Crippen molar-refractivity contribution in [3.8, 4) is 0 Å². The van der Waals surface area contributed by atoms with E-state index in [2.05, 4.69) is 9.97 Å². The average molecular weight is 248 g/mol. The predicted molar refractivity (Wildman–Crippen MR) is 52.5 cm³/mol. The average Bonchev–Trinajstić information content (AvgIpc) is 2.66. The summed E-state index contributed by atoms with van der Waals surface area (Å²) in [7, 11) is 0. The largest absolute Gasteiger partial charge is 1.00 e. The van der Waals surface area contributed by atoms with Crippen LogP contribution in [0, 0.1) is 0 Å². The lowest BCUT2D eigenvalue weighted by Gasteiger charge is -2.07. The highest BCUT2D eigenvalue weighted by Crippen LogP contribution is 2.15. The first-order valence-electron chi connectivity index (χ1n) is 4.98. The monoisotopic (exact) mass is 247 g/mol. The maximum absolute atomic E-state index is 11.5. The molecule has 1 aliphatic heterocycles. The van der Waals surface area contributed by atoms with Crippen LogP contribution in [0.1, 0.15) is 24.4 Å². The van der Waals surface area contributed by atoms with Gasteiger partial charge in [0.05, 0.1) is 12.2 Å². The van der Waals surface area contributed by atoms with Gasteiger partial charge in [0.15, 0.2) is 0 Å². The summed E-state index contributed by atoms with van der Waals surface area (Å²) in [6.07, 6.45) is 3.20. The van der Waals surface area contributed by atoms with Gasteiger partial charge in [-0.1, -0.05) is 0 Å². The molecule has 0 saturated carbocycles. The lowest BCUT2D eigenvalue weighted by Crippen LogP contribution is -3.00. The van der Waals surface area contributed by atoms with Crippen molar-refractivity contribution in [1.29, 1.82) is 0 Å². The van der Waals surface area contributed by atoms with Crippen LogP contribution in [-0.4, -0.2) is 27.7 Å². The third kappa shape index (κ3) is 2.52. The van der Waals surface area contributed by atoms with Crippen LogP contribution in [0.4, 0.5) is 0 Å². The quantitative estimate of drug-likeness (QED) is 0.420. The molecule has 1 fully saturated rings. The molecular weight excluding hydrogens is 234 g/mol. The topological polar surface area (TPSA) is 103 Å². The Hall–Kier alpha value is -1.11. The number of H-pyrrole nitrogens is 2. The molecule has 1 saturated heterocycles. The molecule has 6 nitrogen and oxygen atoms in total. The van der Waals surface area contributed by atoms with Crippen LogP contribution in [-0.2, 0) is 0 Å². The highest BCUT2D eigenvalue weighted by atomic mass is 35.5. The Morgan fingerprint density at radius 1 is 1.44 bits per heavy atom. The van der Waals surface area contributed by atoms with Gasteiger partial charge in [0.1, 0.15) is 12.1 Å². The smallest absolute Gasteiger partial charge is 0.325 e. The Morgan fingerprint density at radius 2 is 2.19 bits per heavy atom. The molecule has 1 aromatic heterocycles. The van der Waals surface area contributed by atoms with Gasteiger partial charge < -0.3 is 27.8 Å². The molecule has 2 rings (SSSR count). The zero-order chi connectivity index (χ0) is 10.8. The van der Waals surface area contributed by atoms with Crippen molar-refractivity contribution in [3.63, 3.8) is 0 Å². The standard InChI is InChI=1S/C9H13N3O3.ClH/c13-4-5-1-2-7(11-5)6-3-10-9(15)12-8(6)14;/h3,5,7,11,13H,1-2,4H2,(H2,10,12,14,15);1H/t5-,7-;/m0./s1. The summed E-state index contributed by atoms with van der Waals surface area (Å²) in [6.45, 7) is 0.123. The van der Waals surface area contributed by atoms with Gasteiger partial charge in [-0.05, 0) is 0 Å². The summed E-state index contributed by atoms with van der Waals surface area (Å²) in [5.41, 5.74) is -0.246. The molecule has 1 aliphatic rings. The third-order valence-electron chi connectivity index (χ3n) is 2.83. The normalized spacial score (nSPS) is 24.1. The summed E-state index contributed by atoms with van der Waals surface area (Å²) in [5, 5.41) is 10.9. The van der Waals surface area contributed by atoms with Gasteiger partial charge in [0, 0.05) is 19.0 Å². The second-order valence-electron chi connectivity index (χ2n) is 3.85. The zero-order valence-corrected chi connectivity index (χ0v) is 9.33. The van der Waals surface area contributed by atoms with Crippen LogP contribution in [0.2, 0.25) is 0 Å². The van der Waals surface area contributed by atoms with Crippen LogP contribution in [0.15, 0.2) is 15.8 Å². The van der Waals surface area contributed by atoms with Gasteiger partial charge in [0.25, 0.3) is 5.56 Å². The molecule has 2 heterocycles. The van der Waals surface area contributed by atoms with Crippen molar-refractivity contribution in [2.75, 3.05) is 6.61 Å². The first-order valence-corrected chi connectivity index (χ1v) is 4.98. The van der Waals surface area contributed by atoms with Crippen LogP contribution < -0.4 is 29.0 Å². The fourth-order valence-electron chi connectivity index (χ4n) is 2.02. The molecule has 90 valence electrons. The van der Waals surface area contributed by atoms with Crippen molar-refractivity contribution in [2.24, 2.45) is 0 Å². The minimum Gasteiger partial charge on any atom is -1.00 e. The number of nitrogens with one attached hydrogen (secondary N) is 2. The number of aromatic nitrogens is 2. The van der Waals surface area contributed by atoms with Gasteiger partial charge in [-0.2, -0.15) is 0 Å². The van der Waals surface area contributed by atoms with Crippen LogP contribution in [0.3, 0.4) is 0 Å². The Kier molecular flexibility index (Phi) is 4.28. The SMILES string of the molecule is O=c1[nH]cc([C@@H]2CC[C@@H](CO)[NH2+]2)c(=O)[nH]1.[Cl-]. The molecule has 0 aromatic carbocycles. The number of halogens is 1. The van der Waals surface area contributed by atoms with Crippen molar-refractivity contribution >= 4 is 0 Å². The molecule has 5 N–H and O–H groups in total. The maximum Gasteiger partial charge on any atom is 0.325 e. The number of nitrogens with two attached hydrogens (primary N) is 1. The minimum absolute atomic E-state index is 0. The number of aromatic amines is 2. The Labute approximate surface area is 97.5 Å². The molecule has 1 aromatic rings. The summed E-state index contributed by atoms with van der Waals surface area (Å²) < 4.78 is 0. The van der Waals surface area contributed by atoms with Gasteiger partial charge in [0.2, 0.25) is 0 Å². The van der Waals surface area contributed by atoms with E-state index in [-0.39, 0.29) is 36.7 Å². The summed E-state index contributed by atoms with van der Waals surface area (Å²) >= 11 is 0. The van der Waals surface area contributed by atoms with Crippen molar-refractivity contribution in [2.45, 2.75) is 24.9 Å². The van der Waals surface area contributed by atoms with E-state index in [0.29, 0.717) is 5.56 Å². The van der Waals surface area contributed by atoms with Gasteiger partial charge >= 0.3 is 5.69 Å². The summed E-state index contributed by atoms with van der Waals surface area (Å²) in [6, 6.07) is 0.212. The van der Waals surface area contributed by atoms with E-state index in [9.17, 15) is 9.59 Å². The fraction of sp³-hybridized carbons (Fsp3) is 0.556. The fourth-order valence-corrected chi connectivity index (χ4v) is 2.02. The van der Waals surface area contributed by atoms with Crippen molar-refractivity contribution in [3.05, 3.63) is 32.6 Å². The van der Waals surface area contributed by atoms with E-state index < -0.39 is 5.69 Å². The molecule has 16 heavy (non-hydrogen) atoms. The molecule has 0 amide bonds. The Morgan fingerprint density at radius 3 is 2.75 bits per heavy atom. The van der Waals surface area contributed by atoms with Crippen molar-refractivity contribution in [1.82, 2.24) is 9.97 Å². The van der Waals surface area contributed by atoms with E-state index in [1.54, 1.807) is 0 Å². The van der Waals surface area contributed by atoms with Crippen LogP contribution >= 0.6 is 0 Å². The number of aliphatic hydroxyl groups excluding tert-OH is 1. The first kappa shape index (κ1) is 13.0. The van der Waals surface area contributed by atoms with Crippen LogP contribution in [0.25, 0.3) is 0 Å². The van der Waals surface area contributed by atoms with Gasteiger partial charge in [-0.3, -0.25) is 9.78 Å². The number of hydrogen-bond acceptors (Lipinski definition) is 3. The molecule has 0 aliphatic carbocycles. The van der Waals surface area contributed by atoms with E-state index in [1.807, 2.05) is 5.32 Å². The molecule has 7 heteroatoms. The van der Waals surface area contributed by atoms with Gasteiger partial charge in [-0.25, -0.2) is 4.79 Å². The van der Waals surface area contributed by atoms with Gasteiger partial charge in [-0.15, -0.1) is 0 Å². The molecule has 0 spiro atoms. The molecule has 0 bridgehead atoms. The van der Waals surface area contributed by atoms with E-state index >= 15 is 0 Å². The molecule has 0 radical (unpaired) electrons. The number of quaternary nitrogens is 1. The summed E-state index contributed by atoms with van der Waals surface area (Å²) in [4.78, 5) is 26.9. The lowest BCUT2D eigenvalue weighted by molar-refractivity contribution is -0.709. The Balaban J connectivity index is 0.00000128. The molecular formula is C9H14ClN3O3. The first-order chi connectivity index (χ1) is 7.20. The predicted octanol–water partition coefficient (Wildman–Crippen LogP) is -5.17.